The summed E-state index contributed by atoms with van der Waals surface area (Å²) in [7, 11) is 0. The molecule has 2 heterocycles. The number of nitrogens with one attached hydrogen (secondary N) is 1. The first-order valence-electron chi connectivity index (χ1n) is 5.26. The molecular weight excluding hydrogens is 204 g/mol. The van der Waals surface area contributed by atoms with Gasteiger partial charge in [-0.2, -0.15) is 5.10 Å². The molecule has 0 spiro atoms. The van der Waals surface area contributed by atoms with Gasteiger partial charge in [0.2, 0.25) is 0 Å². The molecule has 0 radical (unpaired) electrons. The van der Waals surface area contributed by atoms with Crippen LogP contribution >= 0.6 is 0 Å². The van der Waals surface area contributed by atoms with E-state index in [0.717, 1.165) is 16.7 Å². The van der Waals surface area contributed by atoms with Crippen molar-refractivity contribution in [1.29, 1.82) is 0 Å². The molecule has 1 saturated heterocycles. The summed E-state index contributed by atoms with van der Waals surface area (Å²) in [6, 6.07) is 8.06. The predicted molar refractivity (Wildman–Crippen MR) is 58.7 cm³/mol. The summed E-state index contributed by atoms with van der Waals surface area (Å²) in [6.45, 7) is 1.31. The van der Waals surface area contributed by atoms with Gasteiger partial charge < -0.3 is 9.47 Å². The zero-order valence-corrected chi connectivity index (χ0v) is 8.72. The number of nitrogens with zero attached hydrogens (tertiary/aromatic N) is 1. The van der Waals surface area contributed by atoms with Crippen LogP contribution in [0.1, 0.15) is 11.9 Å². The molecule has 2 aromatic rings. The Balaban J connectivity index is 2.04. The zero-order chi connectivity index (χ0) is 10.8. The van der Waals surface area contributed by atoms with Gasteiger partial charge >= 0.3 is 0 Å². The van der Waals surface area contributed by atoms with E-state index in [0.29, 0.717) is 13.2 Å². The smallest absolute Gasteiger partial charge is 0.184 e. The minimum atomic E-state index is -0.244. The first kappa shape index (κ1) is 9.57. The summed E-state index contributed by atoms with van der Waals surface area (Å²) in [6.07, 6.45) is 3.42. The summed E-state index contributed by atoms with van der Waals surface area (Å²) in [4.78, 5) is 0. The van der Waals surface area contributed by atoms with E-state index >= 15 is 0 Å². The Morgan fingerprint density at radius 2 is 2.00 bits per heavy atom. The van der Waals surface area contributed by atoms with Gasteiger partial charge in [0.1, 0.15) is 0 Å². The van der Waals surface area contributed by atoms with Gasteiger partial charge in [-0.1, -0.05) is 24.3 Å². The molecule has 0 aliphatic carbocycles. The number of hydrogen-bond acceptors (Lipinski definition) is 3. The molecule has 4 heteroatoms. The lowest BCUT2D eigenvalue weighted by molar-refractivity contribution is -0.0436. The van der Waals surface area contributed by atoms with Crippen LogP contribution in [0.15, 0.2) is 36.7 Å². The fraction of sp³-hybridized carbons (Fsp3) is 0.250. The van der Waals surface area contributed by atoms with Gasteiger partial charge in [0.15, 0.2) is 6.29 Å². The van der Waals surface area contributed by atoms with Crippen LogP contribution in [0.2, 0.25) is 0 Å². The van der Waals surface area contributed by atoms with Crippen molar-refractivity contribution < 1.29 is 9.47 Å². The summed E-state index contributed by atoms with van der Waals surface area (Å²) >= 11 is 0. The van der Waals surface area contributed by atoms with E-state index in [-0.39, 0.29) is 6.29 Å². The summed E-state index contributed by atoms with van der Waals surface area (Å²) in [5.41, 5.74) is 3.21. The highest BCUT2D eigenvalue weighted by Crippen LogP contribution is 2.31. The molecule has 3 rings (SSSR count). The molecule has 1 N–H and O–H groups in total. The van der Waals surface area contributed by atoms with Crippen LogP contribution in [-0.4, -0.2) is 23.4 Å². The maximum Gasteiger partial charge on any atom is 0.184 e. The lowest BCUT2D eigenvalue weighted by Gasteiger charge is -2.13. The van der Waals surface area contributed by atoms with E-state index in [1.54, 1.807) is 6.20 Å². The number of benzene rings is 1. The second kappa shape index (κ2) is 4.08. The number of rotatable bonds is 2. The zero-order valence-electron chi connectivity index (χ0n) is 8.72. The standard InChI is InChI=1S/C12H12N2O2/c1-2-4-11(12-15-5-6-16-12)10(3-1)9-7-13-14-8-9/h1-4,7-8,12H,5-6H2,(H,13,14). The third-order valence-electron chi connectivity index (χ3n) is 2.65. The highest BCUT2D eigenvalue weighted by atomic mass is 16.7. The van der Waals surface area contributed by atoms with Crippen molar-refractivity contribution in [3.8, 4) is 11.1 Å². The van der Waals surface area contributed by atoms with Crippen LogP contribution in [-0.2, 0) is 9.47 Å². The van der Waals surface area contributed by atoms with E-state index in [1.807, 2.05) is 30.5 Å². The average molecular weight is 216 g/mol. The number of H-pyrrole nitrogens is 1. The largest absolute Gasteiger partial charge is 0.346 e. The SMILES string of the molecule is c1ccc(C2OCCO2)c(-c2cn[nH]c2)c1. The van der Waals surface area contributed by atoms with Gasteiger partial charge in [-0.15, -0.1) is 0 Å². The van der Waals surface area contributed by atoms with Crippen molar-refractivity contribution in [1.82, 2.24) is 10.2 Å². The van der Waals surface area contributed by atoms with Crippen LogP contribution in [0.25, 0.3) is 11.1 Å². The van der Waals surface area contributed by atoms with Crippen molar-refractivity contribution in [2.75, 3.05) is 13.2 Å². The van der Waals surface area contributed by atoms with Crippen LogP contribution < -0.4 is 0 Å². The minimum absolute atomic E-state index is 0.244. The molecule has 0 saturated carbocycles. The Morgan fingerprint density at radius 1 is 1.19 bits per heavy atom. The maximum absolute atomic E-state index is 5.52. The third kappa shape index (κ3) is 1.62. The van der Waals surface area contributed by atoms with Gasteiger partial charge in [0.25, 0.3) is 0 Å². The van der Waals surface area contributed by atoms with E-state index in [2.05, 4.69) is 10.2 Å². The van der Waals surface area contributed by atoms with Crippen LogP contribution in [0.3, 0.4) is 0 Å². The van der Waals surface area contributed by atoms with Crippen LogP contribution in [0, 0.1) is 0 Å². The second-order valence-electron chi connectivity index (χ2n) is 3.65. The summed E-state index contributed by atoms with van der Waals surface area (Å²) in [5, 5.41) is 6.77. The molecule has 0 bridgehead atoms. The van der Waals surface area contributed by atoms with E-state index in [9.17, 15) is 0 Å². The Morgan fingerprint density at radius 3 is 2.75 bits per heavy atom. The predicted octanol–water partition coefficient (Wildman–Crippen LogP) is 2.12. The van der Waals surface area contributed by atoms with Gasteiger partial charge in [-0.3, -0.25) is 5.10 Å². The first-order valence-corrected chi connectivity index (χ1v) is 5.26. The monoisotopic (exact) mass is 216 g/mol. The molecule has 16 heavy (non-hydrogen) atoms. The maximum atomic E-state index is 5.52. The number of aromatic amines is 1. The number of aromatic nitrogens is 2. The van der Waals surface area contributed by atoms with Crippen LogP contribution in [0.5, 0.6) is 0 Å². The molecule has 1 aromatic heterocycles. The normalized spacial score (nSPS) is 16.8. The number of hydrogen-bond donors (Lipinski definition) is 1. The van der Waals surface area contributed by atoms with Crippen molar-refractivity contribution in [2.45, 2.75) is 6.29 Å². The van der Waals surface area contributed by atoms with Gasteiger partial charge in [-0.05, 0) is 5.56 Å². The average Bonchev–Trinajstić information content (AvgIpc) is 3.03. The van der Waals surface area contributed by atoms with Crippen LogP contribution in [0.4, 0.5) is 0 Å². The van der Waals surface area contributed by atoms with Crippen molar-refractivity contribution in [2.24, 2.45) is 0 Å². The highest BCUT2D eigenvalue weighted by molar-refractivity contribution is 5.66. The van der Waals surface area contributed by atoms with E-state index < -0.39 is 0 Å². The first-order chi connectivity index (χ1) is 7.95. The minimum Gasteiger partial charge on any atom is -0.346 e. The Labute approximate surface area is 93.2 Å². The Bertz CT molecular complexity index is 462. The van der Waals surface area contributed by atoms with Crippen molar-refractivity contribution in [3.05, 3.63) is 42.2 Å². The third-order valence-corrected chi connectivity index (χ3v) is 2.65. The Kier molecular flexibility index (Phi) is 2.44. The topological polar surface area (TPSA) is 47.1 Å². The van der Waals surface area contributed by atoms with Crippen molar-refractivity contribution >= 4 is 0 Å². The summed E-state index contributed by atoms with van der Waals surface area (Å²) < 4.78 is 11.0. The second-order valence-corrected chi connectivity index (χ2v) is 3.65. The quantitative estimate of drug-likeness (QED) is 0.836. The Hall–Kier alpha value is -1.65. The highest BCUT2D eigenvalue weighted by Gasteiger charge is 2.21. The summed E-state index contributed by atoms with van der Waals surface area (Å²) in [5.74, 6) is 0. The molecule has 1 fully saturated rings. The van der Waals surface area contributed by atoms with E-state index in [1.165, 1.54) is 0 Å². The molecule has 1 aromatic carbocycles. The van der Waals surface area contributed by atoms with Gasteiger partial charge in [0, 0.05) is 17.3 Å². The molecule has 0 atom stereocenters. The van der Waals surface area contributed by atoms with Gasteiger partial charge in [-0.25, -0.2) is 0 Å². The number of ether oxygens (including phenoxy) is 2. The lowest BCUT2D eigenvalue weighted by atomic mass is 10.0. The lowest BCUT2D eigenvalue weighted by Crippen LogP contribution is -2.00. The molecule has 82 valence electrons. The molecule has 4 nitrogen and oxygen atoms in total. The van der Waals surface area contributed by atoms with Crippen molar-refractivity contribution in [3.63, 3.8) is 0 Å². The fourth-order valence-corrected chi connectivity index (χ4v) is 1.90. The molecule has 0 unspecified atom stereocenters. The molecule has 1 aliphatic rings. The van der Waals surface area contributed by atoms with Gasteiger partial charge in [0.05, 0.1) is 19.4 Å². The molecule has 1 aliphatic heterocycles. The van der Waals surface area contributed by atoms with E-state index in [4.69, 9.17) is 9.47 Å². The molecular formula is C12H12N2O2. The fourth-order valence-electron chi connectivity index (χ4n) is 1.90. The molecule has 0 amide bonds.